The van der Waals surface area contributed by atoms with E-state index in [0.29, 0.717) is 19.3 Å². The molecular weight excluding hydrogens is 877 g/mol. The first kappa shape index (κ1) is 69.2. The highest BCUT2D eigenvalue weighted by Gasteiger charge is 2.19. The van der Waals surface area contributed by atoms with E-state index in [9.17, 15) is 14.4 Å². The van der Waals surface area contributed by atoms with E-state index in [0.717, 1.165) is 57.8 Å². The molecule has 1 atom stereocenters. The quantitative estimate of drug-likeness (QED) is 0.0261. The predicted octanol–water partition coefficient (Wildman–Crippen LogP) is 21.7. The van der Waals surface area contributed by atoms with Crippen molar-refractivity contribution in [2.24, 2.45) is 0 Å². The molecule has 0 aliphatic heterocycles. The number of hydrogen-bond acceptors (Lipinski definition) is 6. The number of ether oxygens (including phenoxy) is 3. The van der Waals surface area contributed by atoms with Gasteiger partial charge in [-0.2, -0.15) is 0 Å². The third-order valence-electron chi connectivity index (χ3n) is 14.8. The third-order valence-corrected chi connectivity index (χ3v) is 14.8. The molecule has 0 saturated heterocycles. The third kappa shape index (κ3) is 58.9. The fourth-order valence-electron chi connectivity index (χ4n) is 9.91. The van der Waals surface area contributed by atoms with Crippen LogP contribution in [0.5, 0.6) is 0 Å². The maximum Gasteiger partial charge on any atom is 0.306 e. The lowest BCUT2D eigenvalue weighted by Gasteiger charge is -2.18. The number of hydrogen-bond donors (Lipinski definition) is 0. The van der Waals surface area contributed by atoms with Crippen molar-refractivity contribution >= 4 is 17.9 Å². The maximum atomic E-state index is 12.9. The van der Waals surface area contributed by atoms with E-state index in [1.165, 1.54) is 270 Å². The van der Waals surface area contributed by atoms with Crippen LogP contribution < -0.4 is 0 Å². The van der Waals surface area contributed by atoms with Crippen molar-refractivity contribution in [2.45, 2.75) is 374 Å². The van der Waals surface area contributed by atoms with Gasteiger partial charge in [-0.3, -0.25) is 14.4 Å². The van der Waals surface area contributed by atoms with Crippen LogP contribution in [0.4, 0.5) is 0 Å². The lowest BCUT2D eigenvalue weighted by atomic mass is 10.0. The molecule has 0 aliphatic rings. The van der Waals surface area contributed by atoms with Gasteiger partial charge in [0.15, 0.2) is 6.10 Å². The van der Waals surface area contributed by atoms with E-state index in [1.807, 2.05) is 0 Å². The Balaban J connectivity index is 4.30. The van der Waals surface area contributed by atoms with Crippen LogP contribution in [-0.4, -0.2) is 37.2 Å². The molecule has 0 unspecified atom stereocenters. The molecule has 0 fully saturated rings. The average molecular weight is 1000 g/mol. The van der Waals surface area contributed by atoms with Crippen molar-refractivity contribution in [3.63, 3.8) is 0 Å². The first-order valence-corrected chi connectivity index (χ1v) is 32.2. The number of esters is 3. The fourth-order valence-corrected chi connectivity index (χ4v) is 9.91. The minimum Gasteiger partial charge on any atom is -0.462 e. The van der Waals surface area contributed by atoms with Gasteiger partial charge in [-0.05, 0) is 44.9 Å². The van der Waals surface area contributed by atoms with E-state index in [-0.39, 0.29) is 31.1 Å². The first-order chi connectivity index (χ1) is 35.0. The van der Waals surface area contributed by atoms with Crippen molar-refractivity contribution in [2.75, 3.05) is 13.2 Å². The summed E-state index contributed by atoms with van der Waals surface area (Å²) >= 11 is 0. The van der Waals surface area contributed by atoms with Gasteiger partial charge in [0.2, 0.25) is 0 Å². The molecule has 0 N–H and O–H groups in total. The molecule has 0 saturated carbocycles. The van der Waals surface area contributed by atoms with Gasteiger partial charge in [0.25, 0.3) is 0 Å². The van der Waals surface area contributed by atoms with Crippen molar-refractivity contribution in [1.82, 2.24) is 0 Å². The Kier molecular flexibility index (Phi) is 59.1. The standard InChI is InChI=1S/C65H124O6/c1-4-7-10-13-16-19-22-25-28-31-32-35-37-40-43-46-49-52-55-58-64(67)70-61-62(71-65(68)59-56-53-50-47-44-41-38-34-30-27-24-21-18-15-12-9-6-3)60-69-63(66)57-54-51-48-45-42-39-36-33-29-26-23-20-17-14-11-8-5-2/h25,28,62H,4-24,26-27,29-61H2,1-3H3/b28-25-/t62-/m0/s1. The Labute approximate surface area is 443 Å². The second-order valence-electron chi connectivity index (χ2n) is 22.0. The largest absolute Gasteiger partial charge is 0.462 e. The summed E-state index contributed by atoms with van der Waals surface area (Å²) in [6.45, 7) is 6.72. The van der Waals surface area contributed by atoms with Crippen LogP contribution in [0.3, 0.4) is 0 Å². The number of carbonyl (C=O) groups excluding carboxylic acids is 3. The van der Waals surface area contributed by atoms with E-state index >= 15 is 0 Å². The van der Waals surface area contributed by atoms with E-state index in [1.54, 1.807) is 0 Å². The molecule has 0 bridgehead atoms. The van der Waals surface area contributed by atoms with Gasteiger partial charge >= 0.3 is 17.9 Å². The predicted molar refractivity (Wildman–Crippen MR) is 307 cm³/mol. The van der Waals surface area contributed by atoms with Crippen molar-refractivity contribution in [3.8, 4) is 0 Å². The molecule has 0 heterocycles. The van der Waals surface area contributed by atoms with Gasteiger partial charge in [-0.1, -0.05) is 315 Å². The van der Waals surface area contributed by atoms with E-state index in [4.69, 9.17) is 14.2 Å². The number of rotatable bonds is 60. The Morgan fingerprint density at radius 1 is 0.268 bits per heavy atom. The van der Waals surface area contributed by atoms with Crippen molar-refractivity contribution in [3.05, 3.63) is 12.2 Å². The Morgan fingerprint density at radius 3 is 0.704 bits per heavy atom. The van der Waals surface area contributed by atoms with Gasteiger partial charge in [-0.15, -0.1) is 0 Å². The second-order valence-corrected chi connectivity index (χ2v) is 22.0. The van der Waals surface area contributed by atoms with E-state index in [2.05, 4.69) is 32.9 Å². The van der Waals surface area contributed by atoms with Crippen LogP contribution in [0, 0.1) is 0 Å². The molecule has 0 aromatic rings. The van der Waals surface area contributed by atoms with Crippen LogP contribution in [0.1, 0.15) is 367 Å². The summed E-state index contributed by atoms with van der Waals surface area (Å²) in [7, 11) is 0. The maximum absolute atomic E-state index is 12.9. The summed E-state index contributed by atoms with van der Waals surface area (Å²) in [5.74, 6) is -0.834. The minimum atomic E-state index is -0.766. The van der Waals surface area contributed by atoms with Crippen molar-refractivity contribution < 1.29 is 28.6 Å². The van der Waals surface area contributed by atoms with Crippen LogP contribution in [0.2, 0.25) is 0 Å². The highest BCUT2D eigenvalue weighted by atomic mass is 16.6. The summed E-state index contributed by atoms with van der Waals surface area (Å²) < 4.78 is 17.0. The molecule has 6 heteroatoms. The monoisotopic (exact) mass is 1000 g/mol. The normalized spacial score (nSPS) is 12.0. The topological polar surface area (TPSA) is 78.9 Å². The highest BCUT2D eigenvalue weighted by molar-refractivity contribution is 5.71. The minimum absolute atomic E-state index is 0.0637. The van der Waals surface area contributed by atoms with Gasteiger partial charge in [0.1, 0.15) is 13.2 Å². The lowest BCUT2D eigenvalue weighted by Crippen LogP contribution is -2.30. The molecule has 0 radical (unpaired) electrons. The van der Waals surface area contributed by atoms with Gasteiger partial charge < -0.3 is 14.2 Å². The molecule has 0 spiro atoms. The Morgan fingerprint density at radius 2 is 0.465 bits per heavy atom. The summed E-state index contributed by atoms with van der Waals surface area (Å²) in [5.41, 5.74) is 0. The molecule has 71 heavy (non-hydrogen) atoms. The first-order valence-electron chi connectivity index (χ1n) is 32.2. The SMILES string of the molecule is CCCCCCCC/C=C\CCCCCCCCCCCC(=O)OC[C@H](COC(=O)CCCCCCCCCCCCCCCCCCC)OC(=O)CCCCCCCCCCCCCCCCCCC. The fraction of sp³-hybridized carbons (Fsp3) is 0.923. The van der Waals surface area contributed by atoms with Gasteiger partial charge in [0.05, 0.1) is 0 Å². The van der Waals surface area contributed by atoms with Gasteiger partial charge in [0, 0.05) is 19.3 Å². The molecule has 0 amide bonds. The average Bonchev–Trinajstić information content (AvgIpc) is 3.37. The van der Waals surface area contributed by atoms with Crippen LogP contribution in [0.15, 0.2) is 12.2 Å². The van der Waals surface area contributed by atoms with Gasteiger partial charge in [-0.25, -0.2) is 0 Å². The zero-order valence-electron chi connectivity index (χ0n) is 48.3. The second kappa shape index (κ2) is 60.7. The van der Waals surface area contributed by atoms with Crippen molar-refractivity contribution in [1.29, 1.82) is 0 Å². The molecule has 0 aliphatic carbocycles. The summed E-state index contributed by atoms with van der Waals surface area (Å²) in [5, 5.41) is 0. The molecule has 0 aromatic carbocycles. The zero-order chi connectivity index (χ0) is 51.4. The Bertz CT molecular complexity index is 1100. The smallest absolute Gasteiger partial charge is 0.306 e. The highest BCUT2D eigenvalue weighted by Crippen LogP contribution is 2.18. The summed E-state index contributed by atoms with van der Waals surface area (Å²) in [6.07, 6.45) is 70.7. The zero-order valence-corrected chi connectivity index (χ0v) is 48.3. The molecule has 6 nitrogen and oxygen atoms in total. The van der Waals surface area contributed by atoms with Crippen LogP contribution in [-0.2, 0) is 28.6 Å². The molecule has 420 valence electrons. The van der Waals surface area contributed by atoms with Crippen LogP contribution in [0.25, 0.3) is 0 Å². The molecule has 0 rings (SSSR count). The number of unbranched alkanes of at least 4 members (excludes halogenated alkanes) is 47. The molecule has 0 aromatic heterocycles. The molecular formula is C65H124O6. The Hall–Kier alpha value is -1.85. The summed E-state index contributed by atoms with van der Waals surface area (Å²) in [4.78, 5) is 38.3. The summed E-state index contributed by atoms with van der Waals surface area (Å²) in [6, 6.07) is 0. The number of allylic oxidation sites excluding steroid dienone is 2. The van der Waals surface area contributed by atoms with E-state index < -0.39 is 6.10 Å². The lowest BCUT2D eigenvalue weighted by molar-refractivity contribution is -0.167. The van der Waals surface area contributed by atoms with Crippen LogP contribution >= 0.6 is 0 Å². The number of carbonyl (C=O) groups is 3.